The number of aromatic nitrogens is 1. The molecule has 0 spiro atoms. The van der Waals surface area contributed by atoms with E-state index in [2.05, 4.69) is 10.6 Å². The van der Waals surface area contributed by atoms with Crippen molar-refractivity contribution in [3.8, 4) is 0 Å². The number of nitrogens with one attached hydrogen (secondary N) is 3. The summed E-state index contributed by atoms with van der Waals surface area (Å²) >= 11 is 0. The lowest BCUT2D eigenvalue weighted by atomic mass is 9.98. The number of benzene rings is 2. The highest BCUT2D eigenvalue weighted by Crippen LogP contribution is 2.25. The highest BCUT2D eigenvalue weighted by Gasteiger charge is 2.24. The molecule has 0 aliphatic carbocycles. The summed E-state index contributed by atoms with van der Waals surface area (Å²) in [5.74, 6) is -2.07. The van der Waals surface area contributed by atoms with Crippen molar-refractivity contribution < 1.29 is 14.7 Å². The molecule has 1 amide bonds. The Kier molecular flexibility index (Phi) is 8.77. The van der Waals surface area contributed by atoms with Gasteiger partial charge in [-0.1, -0.05) is 60.7 Å². The largest absolute Gasteiger partial charge is 0.480 e. The molecule has 3 aromatic rings. The topological polar surface area (TPSA) is 150 Å². The molecule has 0 saturated heterocycles. The molecule has 0 aliphatic heterocycles. The van der Waals surface area contributed by atoms with Gasteiger partial charge >= 0.3 is 5.97 Å². The number of carbonyl (C=O) groups is 2. The van der Waals surface area contributed by atoms with Gasteiger partial charge in [0.2, 0.25) is 0 Å². The first-order chi connectivity index (χ1) is 16.9. The molecule has 0 radical (unpaired) electrons. The van der Waals surface area contributed by atoms with Crippen LogP contribution in [0.4, 0.5) is 0 Å². The van der Waals surface area contributed by atoms with Gasteiger partial charge in [-0.25, -0.2) is 4.79 Å². The number of hydrogen-bond donors (Lipinski definition) is 5. The van der Waals surface area contributed by atoms with Gasteiger partial charge in [0.25, 0.3) is 11.5 Å². The minimum absolute atomic E-state index is 0.131. The molecule has 0 fully saturated rings. The van der Waals surface area contributed by atoms with Crippen LogP contribution in [-0.4, -0.2) is 40.1 Å². The third-order valence-corrected chi connectivity index (χ3v) is 5.57. The number of nitrogens with zero attached hydrogens (tertiary/aromatic N) is 1. The quantitative estimate of drug-likeness (QED) is 0.163. The lowest BCUT2D eigenvalue weighted by Crippen LogP contribution is -2.43. The van der Waals surface area contributed by atoms with Gasteiger partial charge in [-0.2, -0.15) is 0 Å². The molecule has 35 heavy (non-hydrogen) atoms. The minimum Gasteiger partial charge on any atom is -0.480 e. The minimum atomic E-state index is -1.18. The summed E-state index contributed by atoms with van der Waals surface area (Å²) in [7, 11) is 0. The normalized spacial score (nSPS) is 11.6. The lowest BCUT2D eigenvalue weighted by Gasteiger charge is -2.22. The van der Waals surface area contributed by atoms with Gasteiger partial charge in [-0.05, 0) is 42.5 Å². The first-order valence-electron chi connectivity index (χ1n) is 11.3. The van der Waals surface area contributed by atoms with Gasteiger partial charge in [0.05, 0.1) is 6.04 Å². The Hall–Kier alpha value is -4.40. The van der Waals surface area contributed by atoms with Crippen molar-refractivity contribution in [3.63, 3.8) is 0 Å². The van der Waals surface area contributed by atoms with E-state index in [-0.39, 0.29) is 17.9 Å². The van der Waals surface area contributed by atoms with E-state index in [1.54, 1.807) is 12.3 Å². The number of guanidine groups is 1. The van der Waals surface area contributed by atoms with E-state index < -0.39 is 29.5 Å². The third kappa shape index (κ3) is 6.80. The average Bonchev–Trinajstić information content (AvgIpc) is 2.85. The highest BCUT2D eigenvalue weighted by atomic mass is 16.4. The molecule has 0 unspecified atom stereocenters. The Labute approximate surface area is 203 Å². The fourth-order valence-corrected chi connectivity index (χ4v) is 3.86. The van der Waals surface area contributed by atoms with Gasteiger partial charge in [0.1, 0.15) is 11.6 Å². The number of unbranched alkanes of at least 4 members (excludes halogenated alkanes) is 1. The van der Waals surface area contributed by atoms with Crippen LogP contribution in [0.5, 0.6) is 0 Å². The summed E-state index contributed by atoms with van der Waals surface area (Å²) in [5.41, 5.74) is 6.33. The van der Waals surface area contributed by atoms with E-state index in [0.717, 1.165) is 11.1 Å². The van der Waals surface area contributed by atoms with Crippen LogP contribution in [0.25, 0.3) is 0 Å². The number of amides is 1. The second-order valence-electron chi connectivity index (χ2n) is 8.06. The molecule has 9 heteroatoms. The van der Waals surface area contributed by atoms with Crippen molar-refractivity contribution in [2.24, 2.45) is 5.73 Å². The van der Waals surface area contributed by atoms with Crippen molar-refractivity contribution in [2.45, 2.75) is 31.3 Å². The number of rotatable bonds is 11. The summed E-state index contributed by atoms with van der Waals surface area (Å²) in [4.78, 5) is 38.1. The molecular weight excluding hydrogens is 446 g/mol. The number of aliphatic carboxylic acids is 1. The predicted molar refractivity (Wildman–Crippen MR) is 133 cm³/mol. The second-order valence-corrected chi connectivity index (χ2v) is 8.06. The highest BCUT2D eigenvalue weighted by molar-refractivity contribution is 5.96. The number of carbonyl (C=O) groups excluding carboxylic acids is 1. The Morgan fingerprint density at radius 2 is 1.54 bits per heavy atom. The van der Waals surface area contributed by atoms with Crippen LogP contribution in [0.1, 0.15) is 46.8 Å². The maximum atomic E-state index is 13.4. The van der Waals surface area contributed by atoms with E-state index in [0.29, 0.717) is 19.4 Å². The van der Waals surface area contributed by atoms with Crippen LogP contribution >= 0.6 is 0 Å². The van der Waals surface area contributed by atoms with Crippen molar-refractivity contribution in [1.29, 1.82) is 5.41 Å². The molecule has 2 aromatic carbocycles. The number of nitrogens with two attached hydrogens (primary N) is 1. The van der Waals surface area contributed by atoms with Crippen LogP contribution < -0.4 is 21.9 Å². The smallest absolute Gasteiger partial charge is 0.326 e. The molecule has 3 rings (SSSR count). The van der Waals surface area contributed by atoms with E-state index in [1.807, 2.05) is 60.7 Å². The van der Waals surface area contributed by atoms with Crippen molar-refractivity contribution in [3.05, 3.63) is 106 Å². The molecule has 0 bridgehead atoms. The fourth-order valence-electron chi connectivity index (χ4n) is 3.86. The number of pyridine rings is 1. The Balaban J connectivity index is 1.84. The molecule has 1 aromatic heterocycles. The average molecular weight is 476 g/mol. The Morgan fingerprint density at radius 1 is 0.943 bits per heavy atom. The number of hydrogen-bond acceptors (Lipinski definition) is 4. The Bertz CT molecular complexity index is 1170. The molecule has 182 valence electrons. The maximum Gasteiger partial charge on any atom is 0.326 e. The van der Waals surface area contributed by atoms with Crippen LogP contribution in [-0.2, 0) is 4.79 Å². The van der Waals surface area contributed by atoms with E-state index in [1.165, 1.54) is 10.6 Å². The maximum absolute atomic E-state index is 13.4. The monoisotopic (exact) mass is 475 g/mol. The van der Waals surface area contributed by atoms with Crippen molar-refractivity contribution >= 4 is 17.8 Å². The second kappa shape index (κ2) is 12.2. The molecule has 0 saturated carbocycles. The Morgan fingerprint density at radius 3 is 2.09 bits per heavy atom. The van der Waals surface area contributed by atoms with E-state index >= 15 is 0 Å². The van der Waals surface area contributed by atoms with Crippen LogP contribution in [0.15, 0.2) is 83.8 Å². The molecule has 1 atom stereocenters. The first-order valence-corrected chi connectivity index (χ1v) is 11.3. The summed E-state index contributed by atoms with van der Waals surface area (Å²) in [6.45, 7) is 0.430. The van der Waals surface area contributed by atoms with E-state index in [4.69, 9.17) is 11.1 Å². The van der Waals surface area contributed by atoms with Gasteiger partial charge in [-0.15, -0.1) is 0 Å². The van der Waals surface area contributed by atoms with Gasteiger partial charge in [0.15, 0.2) is 5.96 Å². The van der Waals surface area contributed by atoms with Crippen LogP contribution in [0.3, 0.4) is 0 Å². The number of carboxylic acid groups (broad SMARTS) is 1. The zero-order valence-electron chi connectivity index (χ0n) is 19.2. The SMILES string of the molecule is N=C(N)NCCCC[C@H](NC(=O)c1cccn(C(c2ccccc2)c2ccccc2)c1=O)C(=O)O. The molecule has 1 heterocycles. The molecule has 0 aliphatic rings. The third-order valence-electron chi connectivity index (χ3n) is 5.57. The molecular formula is C26H29N5O4. The summed E-state index contributed by atoms with van der Waals surface area (Å²) in [5, 5.41) is 21.8. The zero-order chi connectivity index (χ0) is 25.2. The fraction of sp³-hybridized carbons (Fsp3) is 0.231. The van der Waals surface area contributed by atoms with Crippen LogP contribution in [0.2, 0.25) is 0 Å². The standard InChI is InChI=1S/C26H29N5O4/c27-26(28)29-16-8-7-15-21(25(34)35)30-23(32)20-14-9-17-31(24(20)33)22(18-10-3-1-4-11-18)19-12-5-2-6-13-19/h1-6,9-14,17,21-22H,7-8,15-16H2,(H,30,32)(H,34,35)(H4,27,28,29)/t21-/m0/s1. The summed E-state index contributed by atoms with van der Waals surface area (Å²) < 4.78 is 1.49. The predicted octanol–water partition coefficient (Wildman–Crippen LogP) is 2.32. The number of carboxylic acids is 1. The van der Waals surface area contributed by atoms with Crippen molar-refractivity contribution in [1.82, 2.24) is 15.2 Å². The van der Waals surface area contributed by atoms with Gasteiger partial charge in [0, 0.05) is 12.7 Å². The van der Waals surface area contributed by atoms with Gasteiger partial charge in [-0.3, -0.25) is 15.0 Å². The first kappa shape index (κ1) is 25.2. The lowest BCUT2D eigenvalue weighted by molar-refractivity contribution is -0.139. The van der Waals surface area contributed by atoms with E-state index in [9.17, 15) is 19.5 Å². The van der Waals surface area contributed by atoms with Crippen LogP contribution in [0, 0.1) is 5.41 Å². The summed E-state index contributed by atoms with van der Waals surface area (Å²) in [6, 6.07) is 20.4. The van der Waals surface area contributed by atoms with Gasteiger partial charge < -0.3 is 26.0 Å². The zero-order valence-corrected chi connectivity index (χ0v) is 19.2. The molecule has 9 nitrogen and oxygen atoms in total. The summed E-state index contributed by atoms with van der Waals surface area (Å²) in [6.07, 6.45) is 2.87. The molecule has 6 N–H and O–H groups in total. The van der Waals surface area contributed by atoms with Crippen molar-refractivity contribution in [2.75, 3.05) is 6.54 Å².